The standard InChI is InChI=1S/C18H19ClN4O/c1-11-6-7-13(19)9-15(11)23-17-14(10-20-23)18(24)22-16(21-17)8-12-4-2-3-5-12/h6-7,9-10,12H,2-5,8H2,1H3,(H,21,22,24). The van der Waals surface area contributed by atoms with Crippen molar-refractivity contribution in [1.82, 2.24) is 19.7 Å². The van der Waals surface area contributed by atoms with E-state index in [9.17, 15) is 4.79 Å². The molecule has 0 aliphatic heterocycles. The van der Waals surface area contributed by atoms with E-state index in [1.54, 1.807) is 10.9 Å². The van der Waals surface area contributed by atoms with E-state index in [4.69, 9.17) is 16.6 Å². The maximum Gasteiger partial charge on any atom is 0.262 e. The summed E-state index contributed by atoms with van der Waals surface area (Å²) in [7, 11) is 0. The number of aromatic nitrogens is 4. The first kappa shape index (κ1) is 15.4. The van der Waals surface area contributed by atoms with E-state index in [-0.39, 0.29) is 5.56 Å². The number of nitrogens with zero attached hydrogens (tertiary/aromatic N) is 3. The Morgan fingerprint density at radius 2 is 2.12 bits per heavy atom. The Balaban J connectivity index is 1.83. The molecule has 1 saturated carbocycles. The van der Waals surface area contributed by atoms with E-state index in [0.29, 0.717) is 22.0 Å². The summed E-state index contributed by atoms with van der Waals surface area (Å²) >= 11 is 6.13. The molecule has 3 aromatic rings. The SMILES string of the molecule is Cc1ccc(Cl)cc1-n1ncc2c(=O)[nH]c(CC3CCCC3)nc21. The Kier molecular flexibility index (Phi) is 3.88. The summed E-state index contributed by atoms with van der Waals surface area (Å²) in [5.74, 6) is 1.37. The molecule has 2 aromatic heterocycles. The van der Waals surface area contributed by atoms with E-state index in [1.165, 1.54) is 25.7 Å². The molecule has 1 aromatic carbocycles. The van der Waals surface area contributed by atoms with Crippen LogP contribution in [0.1, 0.15) is 37.1 Å². The number of rotatable bonds is 3. The number of benzene rings is 1. The fraction of sp³-hybridized carbons (Fsp3) is 0.389. The minimum absolute atomic E-state index is 0.126. The van der Waals surface area contributed by atoms with Crippen molar-refractivity contribution in [2.75, 3.05) is 0 Å². The molecule has 4 rings (SSSR count). The number of hydrogen-bond acceptors (Lipinski definition) is 3. The zero-order valence-corrected chi connectivity index (χ0v) is 14.3. The molecule has 24 heavy (non-hydrogen) atoms. The molecule has 0 saturated heterocycles. The molecule has 1 fully saturated rings. The first-order valence-electron chi connectivity index (χ1n) is 8.35. The number of aromatic amines is 1. The van der Waals surface area contributed by atoms with Gasteiger partial charge in [0.2, 0.25) is 0 Å². The number of H-pyrrole nitrogens is 1. The molecule has 1 N–H and O–H groups in total. The zero-order chi connectivity index (χ0) is 16.7. The van der Waals surface area contributed by atoms with Gasteiger partial charge >= 0.3 is 0 Å². The van der Waals surface area contributed by atoms with Crippen molar-refractivity contribution in [3.8, 4) is 5.69 Å². The number of fused-ring (bicyclic) bond motifs is 1. The smallest absolute Gasteiger partial charge is 0.262 e. The average molecular weight is 343 g/mol. The van der Waals surface area contributed by atoms with Crippen LogP contribution in [0.4, 0.5) is 0 Å². The number of aryl methyl sites for hydroxylation is 1. The summed E-state index contributed by atoms with van der Waals surface area (Å²) in [6.45, 7) is 1.99. The normalized spacial score (nSPS) is 15.4. The lowest BCUT2D eigenvalue weighted by molar-refractivity contribution is 0.530. The highest BCUT2D eigenvalue weighted by molar-refractivity contribution is 6.30. The van der Waals surface area contributed by atoms with Crippen LogP contribution < -0.4 is 5.56 Å². The van der Waals surface area contributed by atoms with Gasteiger partial charge in [0, 0.05) is 11.4 Å². The summed E-state index contributed by atoms with van der Waals surface area (Å²) in [4.78, 5) is 20.0. The van der Waals surface area contributed by atoms with Crippen LogP contribution in [0.25, 0.3) is 16.7 Å². The van der Waals surface area contributed by atoms with Crippen LogP contribution in [-0.2, 0) is 6.42 Å². The molecule has 0 spiro atoms. The van der Waals surface area contributed by atoms with Gasteiger partial charge in [-0.25, -0.2) is 9.67 Å². The van der Waals surface area contributed by atoms with Crippen molar-refractivity contribution in [1.29, 1.82) is 0 Å². The van der Waals surface area contributed by atoms with Crippen LogP contribution in [-0.4, -0.2) is 19.7 Å². The quantitative estimate of drug-likeness (QED) is 0.787. The van der Waals surface area contributed by atoms with E-state index in [1.807, 2.05) is 25.1 Å². The molecule has 1 aliphatic carbocycles. The van der Waals surface area contributed by atoms with Gasteiger partial charge in [0.05, 0.1) is 11.9 Å². The second-order valence-electron chi connectivity index (χ2n) is 6.59. The predicted octanol–water partition coefficient (Wildman–Crippen LogP) is 3.80. The molecule has 1 aliphatic rings. The van der Waals surface area contributed by atoms with Gasteiger partial charge in [0.15, 0.2) is 5.65 Å². The Morgan fingerprint density at radius 1 is 1.33 bits per heavy atom. The van der Waals surface area contributed by atoms with Crippen molar-refractivity contribution in [2.24, 2.45) is 5.92 Å². The van der Waals surface area contributed by atoms with Crippen LogP contribution >= 0.6 is 11.6 Å². The van der Waals surface area contributed by atoms with Crippen LogP contribution in [0, 0.1) is 12.8 Å². The van der Waals surface area contributed by atoms with Gasteiger partial charge < -0.3 is 4.98 Å². The van der Waals surface area contributed by atoms with Gasteiger partial charge in [0.1, 0.15) is 11.2 Å². The Bertz CT molecular complexity index is 953. The lowest BCUT2D eigenvalue weighted by atomic mass is 10.0. The van der Waals surface area contributed by atoms with Crippen LogP contribution in [0.15, 0.2) is 29.2 Å². The van der Waals surface area contributed by atoms with Gasteiger partial charge in [-0.2, -0.15) is 5.10 Å². The average Bonchev–Trinajstić information content (AvgIpc) is 3.19. The lowest BCUT2D eigenvalue weighted by Gasteiger charge is -2.10. The van der Waals surface area contributed by atoms with Crippen molar-refractivity contribution in [3.63, 3.8) is 0 Å². The van der Waals surface area contributed by atoms with Crippen LogP contribution in [0.3, 0.4) is 0 Å². The summed E-state index contributed by atoms with van der Waals surface area (Å²) in [5, 5.41) is 5.52. The molecule has 0 bridgehead atoms. The summed E-state index contributed by atoms with van der Waals surface area (Å²) in [5.41, 5.74) is 2.35. The minimum atomic E-state index is -0.126. The molecule has 0 amide bonds. The fourth-order valence-electron chi connectivity index (χ4n) is 3.54. The second-order valence-corrected chi connectivity index (χ2v) is 7.03. The van der Waals surface area contributed by atoms with Gasteiger partial charge in [0.25, 0.3) is 5.56 Å². The van der Waals surface area contributed by atoms with E-state index >= 15 is 0 Å². The number of nitrogens with one attached hydrogen (secondary N) is 1. The molecule has 0 radical (unpaired) electrons. The maximum atomic E-state index is 12.4. The fourth-order valence-corrected chi connectivity index (χ4v) is 3.70. The summed E-state index contributed by atoms with van der Waals surface area (Å²) < 4.78 is 1.71. The highest BCUT2D eigenvalue weighted by Gasteiger charge is 2.19. The Morgan fingerprint density at radius 3 is 2.92 bits per heavy atom. The Hall–Kier alpha value is -2.14. The van der Waals surface area contributed by atoms with Gasteiger partial charge in [-0.3, -0.25) is 4.79 Å². The minimum Gasteiger partial charge on any atom is -0.310 e. The molecule has 124 valence electrons. The van der Waals surface area contributed by atoms with Crippen LogP contribution in [0.5, 0.6) is 0 Å². The second kappa shape index (κ2) is 6.06. The third-order valence-electron chi connectivity index (χ3n) is 4.84. The third kappa shape index (κ3) is 2.73. The van der Waals surface area contributed by atoms with Crippen molar-refractivity contribution in [2.45, 2.75) is 39.0 Å². The first-order valence-corrected chi connectivity index (χ1v) is 8.73. The monoisotopic (exact) mass is 342 g/mol. The van der Waals surface area contributed by atoms with Gasteiger partial charge in [-0.1, -0.05) is 43.4 Å². The van der Waals surface area contributed by atoms with Crippen molar-refractivity contribution < 1.29 is 0 Å². The third-order valence-corrected chi connectivity index (χ3v) is 5.08. The van der Waals surface area contributed by atoms with Gasteiger partial charge in [-0.15, -0.1) is 0 Å². The predicted molar refractivity (Wildman–Crippen MR) is 94.9 cm³/mol. The summed E-state index contributed by atoms with van der Waals surface area (Å²) in [6.07, 6.45) is 7.38. The number of hydrogen-bond donors (Lipinski definition) is 1. The maximum absolute atomic E-state index is 12.4. The molecular weight excluding hydrogens is 324 g/mol. The summed E-state index contributed by atoms with van der Waals surface area (Å²) in [6, 6.07) is 5.64. The first-order chi connectivity index (χ1) is 11.6. The van der Waals surface area contributed by atoms with E-state index in [0.717, 1.165) is 23.5 Å². The molecule has 0 atom stereocenters. The molecule has 6 heteroatoms. The number of halogens is 1. The van der Waals surface area contributed by atoms with E-state index in [2.05, 4.69) is 10.1 Å². The van der Waals surface area contributed by atoms with E-state index < -0.39 is 0 Å². The molecule has 0 unspecified atom stereocenters. The molecule has 2 heterocycles. The molecule has 5 nitrogen and oxygen atoms in total. The Labute approximate surface area is 144 Å². The highest BCUT2D eigenvalue weighted by atomic mass is 35.5. The topological polar surface area (TPSA) is 63.6 Å². The van der Waals surface area contributed by atoms with Crippen molar-refractivity contribution in [3.05, 3.63) is 51.2 Å². The molecular formula is C18H19ClN4O. The highest BCUT2D eigenvalue weighted by Crippen LogP contribution is 2.27. The van der Waals surface area contributed by atoms with Gasteiger partial charge in [-0.05, 0) is 30.5 Å². The van der Waals surface area contributed by atoms with Crippen LogP contribution in [0.2, 0.25) is 5.02 Å². The van der Waals surface area contributed by atoms with Crippen molar-refractivity contribution >= 4 is 22.6 Å². The zero-order valence-electron chi connectivity index (χ0n) is 13.6. The lowest BCUT2D eigenvalue weighted by Crippen LogP contribution is -2.14. The largest absolute Gasteiger partial charge is 0.310 e.